The van der Waals surface area contributed by atoms with Crippen LogP contribution >= 0.6 is 0 Å². The van der Waals surface area contributed by atoms with Crippen LogP contribution in [0.4, 0.5) is 11.6 Å². The van der Waals surface area contributed by atoms with Gasteiger partial charge >= 0.3 is 5.97 Å². The van der Waals surface area contributed by atoms with Crippen molar-refractivity contribution in [3.63, 3.8) is 0 Å². The Morgan fingerprint density at radius 3 is 2.38 bits per heavy atom. The number of rotatable bonds is 7. The molecular formula is C22H22N4O3. The van der Waals surface area contributed by atoms with E-state index < -0.39 is 11.9 Å². The third kappa shape index (κ3) is 5.38. The standard InChI is InChI=1S/C22H22N4O3/c1-3-29-21(28)18-6-4-5-7-19(18)26-20(27)17-13-24-22(25-14-17)23-12-16-10-8-15(2)9-11-16/h4-11,13-14H,3,12H2,1-2H3,(H,26,27)(H,23,24,25). The summed E-state index contributed by atoms with van der Waals surface area (Å²) in [4.78, 5) is 32.9. The van der Waals surface area contributed by atoms with E-state index in [4.69, 9.17) is 4.74 Å². The average Bonchev–Trinajstić information content (AvgIpc) is 2.74. The van der Waals surface area contributed by atoms with E-state index in [1.165, 1.54) is 18.0 Å². The number of esters is 1. The highest BCUT2D eigenvalue weighted by molar-refractivity contribution is 6.07. The summed E-state index contributed by atoms with van der Waals surface area (Å²) in [7, 11) is 0. The second-order valence-corrected chi connectivity index (χ2v) is 6.35. The summed E-state index contributed by atoms with van der Waals surface area (Å²) in [5, 5.41) is 5.83. The van der Waals surface area contributed by atoms with Gasteiger partial charge in [-0.25, -0.2) is 14.8 Å². The van der Waals surface area contributed by atoms with Crippen LogP contribution in [-0.2, 0) is 11.3 Å². The van der Waals surface area contributed by atoms with Crippen molar-refractivity contribution in [1.82, 2.24) is 9.97 Å². The molecule has 0 aliphatic rings. The van der Waals surface area contributed by atoms with Gasteiger partial charge in [0.05, 0.1) is 23.4 Å². The minimum atomic E-state index is -0.490. The number of ether oxygens (including phenoxy) is 1. The first-order valence-corrected chi connectivity index (χ1v) is 9.25. The quantitative estimate of drug-likeness (QED) is 0.596. The number of aromatic nitrogens is 2. The van der Waals surface area contributed by atoms with Crippen LogP contribution in [0.3, 0.4) is 0 Å². The van der Waals surface area contributed by atoms with Gasteiger partial charge in [-0.15, -0.1) is 0 Å². The Morgan fingerprint density at radius 2 is 1.69 bits per heavy atom. The number of benzene rings is 2. The fourth-order valence-corrected chi connectivity index (χ4v) is 2.60. The van der Waals surface area contributed by atoms with Gasteiger partial charge in [0.1, 0.15) is 0 Å². The Labute approximate surface area is 169 Å². The number of nitrogens with one attached hydrogen (secondary N) is 2. The number of anilines is 2. The topological polar surface area (TPSA) is 93.2 Å². The van der Waals surface area contributed by atoms with E-state index in [2.05, 4.69) is 20.6 Å². The molecule has 148 valence electrons. The molecule has 0 spiro atoms. The molecule has 0 aliphatic carbocycles. The summed E-state index contributed by atoms with van der Waals surface area (Å²) in [6.45, 7) is 4.60. The molecule has 0 radical (unpaired) electrons. The van der Waals surface area contributed by atoms with Gasteiger partial charge in [0, 0.05) is 18.9 Å². The first-order chi connectivity index (χ1) is 14.1. The average molecular weight is 390 g/mol. The monoisotopic (exact) mass is 390 g/mol. The molecule has 7 nitrogen and oxygen atoms in total. The molecule has 29 heavy (non-hydrogen) atoms. The van der Waals surface area contributed by atoms with Gasteiger partial charge in [-0.1, -0.05) is 42.0 Å². The van der Waals surface area contributed by atoms with E-state index in [0.717, 1.165) is 5.56 Å². The predicted molar refractivity (Wildman–Crippen MR) is 111 cm³/mol. The molecule has 2 N–H and O–H groups in total. The number of para-hydroxylation sites is 1. The van der Waals surface area contributed by atoms with Crippen molar-refractivity contribution in [1.29, 1.82) is 0 Å². The van der Waals surface area contributed by atoms with Crippen molar-refractivity contribution in [3.8, 4) is 0 Å². The van der Waals surface area contributed by atoms with Crippen LogP contribution in [0, 0.1) is 6.92 Å². The van der Waals surface area contributed by atoms with E-state index >= 15 is 0 Å². The molecule has 7 heteroatoms. The maximum absolute atomic E-state index is 12.5. The maximum Gasteiger partial charge on any atom is 0.340 e. The summed E-state index contributed by atoms with van der Waals surface area (Å²) in [6.07, 6.45) is 2.87. The zero-order valence-corrected chi connectivity index (χ0v) is 16.3. The van der Waals surface area contributed by atoms with Gasteiger partial charge in [0.25, 0.3) is 5.91 Å². The predicted octanol–water partition coefficient (Wildman–Crippen LogP) is 3.83. The normalized spacial score (nSPS) is 10.3. The third-order valence-electron chi connectivity index (χ3n) is 4.16. The Hall–Kier alpha value is -3.74. The minimum absolute atomic E-state index is 0.256. The van der Waals surface area contributed by atoms with Crippen LogP contribution in [0.25, 0.3) is 0 Å². The number of carbonyl (C=O) groups excluding carboxylic acids is 2. The smallest absolute Gasteiger partial charge is 0.340 e. The van der Waals surface area contributed by atoms with Crippen LogP contribution < -0.4 is 10.6 Å². The number of carbonyl (C=O) groups is 2. The molecule has 0 saturated heterocycles. The van der Waals surface area contributed by atoms with Crippen LogP contribution in [0.5, 0.6) is 0 Å². The fraction of sp³-hybridized carbons (Fsp3) is 0.182. The fourth-order valence-electron chi connectivity index (χ4n) is 2.60. The summed E-state index contributed by atoms with van der Waals surface area (Å²) >= 11 is 0. The minimum Gasteiger partial charge on any atom is -0.462 e. The molecule has 2 aromatic carbocycles. The molecule has 0 unspecified atom stereocenters. The highest BCUT2D eigenvalue weighted by atomic mass is 16.5. The second-order valence-electron chi connectivity index (χ2n) is 6.35. The summed E-state index contributed by atoms with van der Waals surface area (Å²) in [5.41, 5.74) is 3.25. The van der Waals surface area contributed by atoms with Crippen LogP contribution in [0.2, 0.25) is 0 Å². The zero-order valence-electron chi connectivity index (χ0n) is 16.3. The van der Waals surface area contributed by atoms with Crippen LogP contribution in [0.15, 0.2) is 60.9 Å². The van der Waals surface area contributed by atoms with Crippen molar-refractivity contribution >= 4 is 23.5 Å². The number of hydrogen-bond donors (Lipinski definition) is 2. The second kappa shape index (κ2) is 9.45. The zero-order chi connectivity index (χ0) is 20.6. The molecule has 1 aromatic heterocycles. The molecule has 0 bridgehead atoms. The summed E-state index contributed by atoms with van der Waals surface area (Å²) < 4.78 is 5.02. The van der Waals surface area contributed by atoms with Gasteiger partial charge in [0.15, 0.2) is 0 Å². The highest BCUT2D eigenvalue weighted by Crippen LogP contribution is 2.17. The lowest BCUT2D eigenvalue weighted by Gasteiger charge is -2.10. The van der Waals surface area contributed by atoms with Crippen molar-refractivity contribution in [3.05, 3.63) is 83.2 Å². The van der Waals surface area contributed by atoms with Gasteiger partial charge in [-0.3, -0.25) is 4.79 Å². The van der Waals surface area contributed by atoms with Crippen molar-refractivity contribution in [2.24, 2.45) is 0 Å². The van der Waals surface area contributed by atoms with Crippen LogP contribution in [-0.4, -0.2) is 28.5 Å². The van der Waals surface area contributed by atoms with Gasteiger partial charge in [0.2, 0.25) is 5.95 Å². The largest absolute Gasteiger partial charge is 0.462 e. The van der Waals surface area contributed by atoms with Crippen molar-refractivity contribution < 1.29 is 14.3 Å². The number of hydrogen-bond acceptors (Lipinski definition) is 6. The molecule has 0 aliphatic heterocycles. The molecule has 1 amide bonds. The molecule has 0 fully saturated rings. The first-order valence-electron chi connectivity index (χ1n) is 9.25. The first kappa shape index (κ1) is 20.0. The highest BCUT2D eigenvalue weighted by Gasteiger charge is 2.15. The Balaban J connectivity index is 1.63. The van der Waals surface area contributed by atoms with Gasteiger partial charge < -0.3 is 15.4 Å². The van der Waals surface area contributed by atoms with Crippen molar-refractivity contribution in [2.75, 3.05) is 17.2 Å². The van der Waals surface area contributed by atoms with Gasteiger partial charge in [-0.2, -0.15) is 0 Å². The molecule has 0 saturated carbocycles. The number of aryl methyl sites for hydroxylation is 1. The van der Waals surface area contributed by atoms with Gasteiger partial charge in [-0.05, 0) is 31.5 Å². The van der Waals surface area contributed by atoms with Crippen molar-refractivity contribution in [2.45, 2.75) is 20.4 Å². The van der Waals surface area contributed by atoms with E-state index in [1.54, 1.807) is 31.2 Å². The van der Waals surface area contributed by atoms with E-state index in [0.29, 0.717) is 23.7 Å². The Bertz CT molecular complexity index is 986. The third-order valence-corrected chi connectivity index (χ3v) is 4.16. The Morgan fingerprint density at radius 1 is 1.00 bits per heavy atom. The van der Waals surface area contributed by atoms with E-state index in [1.807, 2.05) is 31.2 Å². The molecule has 0 atom stereocenters. The maximum atomic E-state index is 12.5. The molecule has 1 heterocycles. The number of amides is 1. The lowest BCUT2D eigenvalue weighted by molar-refractivity contribution is 0.0527. The Kier molecular flexibility index (Phi) is 6.52. The summed E-state index contributed by atoms with van der Waals surface area (Å²) in [6, 6.07) is 14.8. The molecule has 3 rings (SSSR count). The molecule has 3 aromatic rings. The summed E-state index contributed by atoms with van der Waals surface area (Å²) in [5.74, 6) is -0.476. The van der Waals surface area contributed by atoms with E-state index in [9.17, 15) is 9.59 Å². The lowest BCUT2D eigenvalue weighted by Crippen LogP contribution is -2.16. The number of nitrogens with zero attached hydrogens (tertiary/aromatic N) is 2. The van der Waals surface area contributed by atoms with E-state index in [-0.39, 0.29) is 12.2 Å². The molecular weight excluding hydrogens is 368 g/mol. The van der Waals surface area contributed by atoms with Crippen LogP contribution in [0.1, 0.15) is 38.8 Å². The SMILES string of the molecule is CCOC(=O)c1ccccc1NC(=O)c1cnc(NCc2ccc(C)cc2)nc1. The lowest BCUT2D eigenvalue weighted by atomic mass is 10.1.